The van der Waals surface area contributed by atoms with Gasteiger partial charge in [-0.05, 0) is 31.6 Å². The topological polar surface area (TPSA) is 57.6 Å². The van der Waals surface area contributed by atoms with Crippen molar-refractivity contribution >= 4 is 10.0 Å². The second-order valence-corrected chi connectivity index (χ2v) is 8.58. The summed E-state index contributed by atoms with van der Waals surface area (Å²) >= 11 is 0. The molecule has 0 saturated carbocycles. The van der Waals surface area contributed by atoms with Crippen molar-refractivity contribution in [3.63, 3.8) is 0 Å². The lowest BCUT2D eigenvalue weighted by atomic mass is 9.94. The Hall–Kier alpha value is -0.130. The number of piperidine rings is 1. The van der Waals surface area contributed by atoms with E-state index in [1.54, 1.807) is 6.92 Å². The van der Waals surface area contributed by atoms with Crippen molar-refractivity contribution in [2.75, 3.05) is 12.3 Å². The van der Waals surface area contributed by atoms with Gasteiger partial charge in [-0.3, -0.25) is 0 Å². The maximum atomic E-state index is 12.4. The van der Waals surface area contributed by atoms with Crippen LogP contribution in [0.1, 0.15) is 53.4 Å². The Morgan fingerprint density at radius 1 is 1.33 bits per heavy atom. The average molecular weight is 277 g/mol. The minimum Gasteiger partial charge on any atom is -0.392 e. The third kappa shape index (κ3) is 4.52. The molecule has 108 valence electrons. The number of hydrogen-bond acceptors (Lipinski definition) is 3. The third-order valence-corrected chi connectivity index (χ3v) is 5.41. The molecule has 0 aliphatic carbocycles. The molecule has 1 fully saturated rings. The van der Waals surface area contributed by atoms with Gasteiger partial charge in [-0.1, -0.05) is 27.2 Å². The molecule has 0 aromatic heterocycles. The molecule has 1 N–H and O–H groups in total. The lowest BCUT2D eigenvalue weighted by Gasteiger charge is -2.36. The maximum Gasteiger partial charge on any atom is 0.214 e. The van der Waals surface area contributed by atoms with Crippen molar-refractivity contribution in [3.8, 4) is 0 Å². The van der Waals surface area contributed by atoms with Crippen molar-refractivity contribution < 1.29 is 13.5 Å². The molecule has 5 heteroatoms. The molecule has 1 aliphatic heterocycles. The molecule has 0 bridgehead atoms. The van der Waals surface area contributed by atoms with Crippen LogP contribution in [0.25, 0.3) is 0 Å². The van der Waals surface area contributed by atoms with Crippen LogP contribution in [-0.2, 0) is 10.0 Å². The van der Waals surface area contributed by atoms with E-state index in [4.69, 9.17) is 0 Å². The minimum atomic E-state index is -3.24. The highest BCUT2D eigenvalue weighted by atomic mass is 32.2. The molecule has 0 aromatic carbocycles. The fraction of sp³-hybridized carbons (Fsp3) is 1.00. The van der Waals surface area contributed by atoms with Crippen LogP contribution in [0.15, 0.2) is 0 Å². The van der Waals surface area contributed by atoms with Gasteiger partial charge in [0.2, 0.25) is 10.0 Å². The molecule has 1 heterocycles. The Morgan fingerprint density at radius 2 is 1.94 bits per heavy atom. The van der Waals surface area contributed by atoms with Gasteiger partial charge < -0.3 is 5.11 Å². The monoisotopic (exact) mass is 277 g/mol. The molecule has 4 nitrogen and oxygen atoms in total. The van der Waals surface area contributed by atoms with E-state index in [9.17, 15) is 13.5 Å². The number of hydrogen-bond donors (Lipinski definition) is 1. The van der Waals surface area contributed by atoms with Crippen LogP contribution in [0.5, 0.6) is 0 Å². The van der Waals surface area contributed by atoms with Crippen molar-refractivity contribution in [3.05, 3.63) is 0 Å². The normalized spacial score (nSPS) is 25.1. The first-order valence-corrected chi connectivity index (χ1v) is 8.42. The molecular formula is C13H27NO3S. The summed E-state index contributed by atoms with van der Waals surface area (Å²) in [5.41, 5.74) is 0.0170. The highest BCUT2D eigenvalue weighted by Gasteiger charge is 2.35. The van der Waals surface area contributed by atoms with E-state index in [-0.39, 0.29) is 17.2 Å². The van der Waals surface area contributed by atoms with Gasteiger partial charge in [0.25, 0.3) is 0 Å². The zero-order valence-electron chi connectivity index (χ0n) is 12.0. The number of rotatable bonds is 4. The fourth-order valence-corrected chi connectivity index (χ4v) is 4.52. The Morgan fingerprint density at radius 3 is 2.44 bits per heavy atom. The molecule has 18 heavy (non-hydrogen) atoms. The molecule has 0 spiro atoms. The Kier molecular flexibility index (Phi) is 5.21. The van der Waals surface area contributed by atoms with Crippen molar-refractivity contribution in [2.24, 2.45) is 5.41 Å². The van der Waals surface area contributed by atoms with Crippen molar-refractivity contribution in [2.45, 2.75) is 65.5 Å². The molecule has 0 amide bonds. The van der Waals surface area contributed by atoms with Gasteiger partial charge in [-0.2, -0.15) is 4.31 Å². The van der Waals surface area contributed by atoms with Gasteiger partial charge >= 0.3 is 0 Å². The molecule has 0 radical (unpaired) electrons. The van der Waals surface area contributed by atoms with Crippen LogP contribution in [0.4, 0.5) is 0 Å². The summed E-state index contributed by atoms with van der Waals surface area (Å²) in [6.45, 7) is 8.38. The largest absolute Gasteiger partial charge is 0.392 e. The molecule has 1 aliphatic rings. The van der Waals surface area contributed by atoms with E-state index < -0.39 is 16.1 Å². The fourth-order valence-electron chi connectivity index (χ4n) is 2.31. The average Bonchev–Trinajstić information content (AvgIpc) is 2.26. The molecule has 2 unspecified atom stereocenters. The summed E-state index contributed by atoms with van der Waals surface area (Å²) in [5.74, 6) is 0.180. The van der Waals surface area contributed by atoms with Crippen LogP contribution in [0.3, 0.4) is 0 Å². The predicted molar refractivity (Wildman–Crippen MR) is 73.9 cm³/mol. The summed E-state index contributed by atoms with van der Waals surface area (Å²) in [4.78, 5) is 0. The van der Waals surface area contributed by atoms with Crippen LogP contribution in [0, 0.1) is 5.41 Å². The van der Waals surface area contributed by atoms with E-state index in [0.717, 1.165) is 19.3 Å². The number of aliphatic hydroxyl groups excluding tert-OH is 1. The summed E-state index contributed by atoms with van der Waals surface area (Å²) in [6.07, 6.45) is 2.73. The van der Waals surface area contributed by atoms with Gasteiger partial charge in [-0.25, -0.2) is 8.42 Å². The lowest BCUT2D eigenvalue weighted by Crippen LogP contribution is -2.49. The standard InChI is InChI=1S/C13H27NO3S/c1-11(15)12-7-5-6-9-14(12)18(16,17)10-8-13(2,3)4/h11-12,15H,5-10H2,1-4H3. The zero-order valence-corrected chi connectivity index (χ0v) is 12.8. The van der Waals surface area contributed by atoms with Crippen LogP contribution >= 0.6 is 0 Å². The highest BCUT2D eigenvalue weighted by Crippen LogP contribution is 2.26. The smallest absolute Gasteiger partial charge is 0.214 e. The molecule has 1 saturated heterocycles. The first-order valence-electron chi connectivity index (χ1n) is 6.81. The molecular weight excluding hydrogens is 250 g/mol. The Bertz CT molecular complexity index is 357. The number of nitrogens with zero attached hydrogens (tertiary/aromatic N) is 1. The Labute approximate surface area is 111 Å². The first kappa shape index (κ1) is 15.9. The zero-order chi connectivity index (χ0) is 14.0. The minimum absolute atomic E-state index is 0.0170. The van der Waals surface area contributed by atoms with Crippen molar-refractivity contribution in [1.82, 2.24) is 4.31 Å². The predicted octanol–water partition coefficient (Wildman–Crippen LogP) is 1.99. The van der Waals surface area contributed by atoms with Crippen molar-refractivity contribution in [1.29, 1.82) is 0 Å². The summed E-state index contributed by atoms with van der Waals surface area (Å²) < 4.78 is 26.3. The number of aliphatic hydroxyl groups is 1. The summed E-state index contributed by atoms with van der Waals surface area (Å²) in [7, 11) is -3.24. The van der Waals surface area contributed by atoms with Crippen LogP contribution in [0.2, 0.25) is 0 Å². The van der Waals surface area contributed by atoms with E-state index in [2.05, 4.69) is 0 Å². The van der Waals surface area contributed by atoms with E-state index >= 15 is 0 Å². The quantitative estimate of drug-likeness (QED) is 0.855. The van der Waals surface area contributed by atoms with E-state index in [1.807, 2.05) is 20.8 Å². The first-order chi connectivity index (χ1) is 8.13. The second-order valence-electron chi connectivity index (χ2n) is 6.54. The highest BCUT2D eigenvalue weighted by molar-refractivity contribution is 7.89. The van der Waals surface area contributed by atoms with E-state index in [1.165, 1.54) is 4.31 Å². The number of sulfonamides is 1. The SMILES string of the molecule is CC(O)C1CCCCN1S(=O)(=O)CCC(C)(C)C. The van der Waals surface area contributed by atoms with Crippen LogP contribution in [-0.4, -0.2) is 42.3 Å². The van der Waals surface area contributed by atoms with E-state index in [0.29, 0.717) is 13.0 Å². The summed E-state index contributed by atoms with van der Waals surface area (Å²) in [5, 5.41) is 9.73. The van der Waals surface area contributed by atoms with Gasteiger partial charge in [0.1, 0.15) is 0 Å². The van der Waals surface area contributed by atoms with Gasteiger partial charge in [0, 0.05) is 6.54 Å². The van der Waals surface area contributed by atoms with Gasteiger partial charge in [0.15, 0.2) is 0 Å². The lowest BCUT2D eigenvalue weighted by molar-refractivity contribution is 0.0829. The third-order valence-electron chi connectivity index (χ3n) is 3.52. The Balaban J connectivity index is 2.75. The van der Waals surface area contributed by atoms with Crippen LogP contribution < -0.4 is 0 Å². The summed E-state index contributed by atoms with van der Waals surface area (Å²) in [6, 6.07) is -0.233. The van der Waals surface area contributed by atoms with Gasteiger partial charge in [0.05, 0.1) is 17.9 Å². The molecule has 2 atom stereocenters. The van der Waals surface area contributed by atoms with Gasteiger partial charge in [-0.15, -0.1) is 0 Å². The molecule has 1 rings (SSSR count). The molecule has 0 aromatic rings. The second kappa shape index (κ2) is 5.88. The maximum absolute atomic E-state index is 12.4.